The highest BCUT2D eigenvalue weighted by Crippen LogP contribution is 2.11. The maximum atomic E-state index is 3.60. The summed E-state index contributed by atoms with van der Waals surface area (Å²) in [7, 11) is 0. The molecule has 1 saturated heterocycles. The monoisotopic (exact) mass is 210 g/mol. The van der Waals surface area contributed by atoms with E-state index in [0.717, 1.165) is 19.0 Å². The van der Waals surface area contributed by atoms with Crippen LogP contribution < -0.4 is 10.6 Å². The van der Waals surface area contributed by atoms with Crippen LogP contribution in [0.25, 0.3) is 0 Å². The average molecular weight is 210 g/mol. The van der Waals surface area contributed by atoms with Gasteiger partial charge in [0.1, 0.15) is 0 Å². The lowest BCUT2D eigenvalue weighted by atomic mass is 9.99. The molecule has 0 aromatic carbocycles. The van der Waals surface area contributed by atoms with Crippen molar-refractivity contribution in [2.75, 3.05) is 13.1 Å². The van der Waals surface area contributed by atoms with Gasteiger partial charge >= 0.3 is 0 Å². The van der Waals surface area contributed by atoms with E-state index in [1.165, 1.54) is 32.2 Å². The molecule has 2 nitrogen and oxygen atoms in total. The molecule has 2 N–H and O–H groups in total. The molecule has 0 radical (unpaired) electrons. The molecule has 1 heterocycles. The number of piperidine rings is 1. The Bertz CT molecular complexity index is 171. The average Bonchev–Trinajstić information content (AvgIpc) is 2.26. The molecule has 0 spiro atoms. The van der Waals surface area contributed by atoms with Gasteiger partial charge in [0.15, 0.2) is 0 Å². The maximum Gasteiger partial charge on any atom is 0.00817 e. The van der Waals surface area contributed by atoms with Crippen LogP contribution in [0.1, 0.15) is 46.0 Å². The number of hydrogen-bond acceptors (Lipinski definition) is 2. The van der Waals surface area contributed by atoms with Crippen LogP contribution in [0.2, 0.25) is 0 Å². The molecular weight excluding hydrogens is 184 g/mol. The second-order valence-corrected chi connectivity index (χ2v) is 4.60. The van der Waals surface area contributed by atoms with Crippen molar-refractivity contribution in [1.82, 2.24) is 10.6 Å². The van der Waals surface area contributed by atoms with E-state index in [9.17, 15) is 0 Å². The number of rotatable bonds is 6. The Morgan fingerprint density at radius 2 is 2.33 bits per heavy atom. The fourth-order valence-electron chi connectivity index (χ4n) is 2.22. The van der Waals surface area contributed by atoms with Gasteiger partial charge in [-0.1, -0.05) is 18.6 Å². The molecule has 2 heteroatoms. The van der Waals surface area contributed by atoms with Crippen LogP contribution in [-0.2, 0) is 0 Å². The molecule has 2 unspecified atom stereocenters. The summed E-state index contributed by atoms with van der Waals surface area (Å²) in [6.45, 7) is 6.70. The van der Waals surface area contributed by atoms with E-state index in [1.54, 1.807) is 0 Å². The molecule has 0 aromatic heterocycles. The van der Waals surface area contributed by atoms with Gasteiger partial charge in [0.2, 0.25) is 0 Å². The lowest BCUT2D eigenvalue weighted by molar-refractivity contribution is 0.346. The molecule has 1 fully saturated rings. The van der Waals surface area contributed by atoms with Gasteiger partial charge in [-0.2, -0.15) is 0 Å². The third-order valence-electron chi connectivity index (χ3n) is 3.09. The molecule has 1 aliphatic rings. The van der Waals surface area contributed by atoms with Crippen LogP contribution in [0.15, 0.2) is 12.2 Å². The molecule has 0 saturated carbocycles. The van der Waals surface area contributed by atoms with Crippen molar-refractivity contribution in [2.45, 2.75) is 58.0 Å². The third kappa shape index (κ3) is 5.95. The first-order valence-corrected chi connectivity index (χ1v) is 6.41. The van der Waals surface area contributed by atoms with Crippen molar-refractivity contribution in [1.29, 1.82) is 0 Å². The highest BCUT2D eigenvalue weighted by Gasteiger charge is 2.14. The van der Waals surface area contributed by atoms with Crippen molar-refractivity contribution >= 4 is 0 Å². The minimum absolute atomic E-state index is 0.644. The minimum Gasteiger partial charge on any atom is -0.314 e. The largest absolute Gasteiger partial charge is 0.314 e. The molecule has 1 aliphatic heterocycles. The van der Waals surface area contributed by atoms with Crippen LogP contribution in [0, 0.1) is 0 Å². The van der Waals surface area contributed by atoms with Gasteiger partial charge < -0.3 is 10.6 Å². The molecule has 1 rings (SSSR count). The SMILES string of the molecule is C/C=C/CCNC(C)CC1CCCCN1. The first-order chi connectivity index (χ1) is 7.33. The topological polar surface area (TPSA) is 24.1 Å². The zero-order valence-electron chi connectivity index (χ0n) is 10.3. The van der Waals surface area contributed by atoms with Crippen molar-refractivity contribution in [2.24, 2.45) is 0 Å². The molecule has 88 valence electrons. The third-order valence-corrected chi connectivity index (χ3v) is 3.09. The van der Waals surface area contributed by atoms with Gasteiger partial charge in [-0.25, -0.2) is 0 Å². The van der Waals surface area contributed by atoms with Crippen molar-refractivity contribution in [3.05, 3.63) is 12.2 Å². The Morgan fingerprint density at radius 3 is 3.00 bits per heavy atom. The molecule has 0 amide bonds. The van der Waals surface area contributed by atoms with Gasteiger partial charge in [-0.15, -0.1) is 0 Å². The van der Waals surface area contributed by atoms with E-state index in [1.807, 2.05) is 0 Å². The Labute approximate surface area is 94.5 Å². The highest BCUT2D eigenvalue weighted by molar-refractivity contribution is 4.80. The minimum atomic E-state index is 0.644. The van der Waals surface area contributed by atoms with Crippen molar-refractivity contribution in [3.63, 3.8) is 0 Å². The summed E-state index contributed by atoms with van der Waals surface area (Å²) in [5.41, 5.74) is 0. The summed E-state index contributed by atoms with van der Waals surface area (Å²) in [6, 6.07) is 1.40. The van der Waals surface area contributed by atoms with E-state index in [-0.39, 0.29) is 0 Å². The van der Waals surface area contributed by atoms with Crippen LogP contribution in [-0.4, -0.2) is 25.2 Å². The predicted molar refractivity (Wildman–Crippen MR) is 67.2 cm³/mol. The molecule has 0 bridgehead atoms. The Hall–Kier alpha value is -0.340. The van der Waals surface area contributed by atoms with E-state index in [4.69, 9.17) is 0 Å². The maximum absolute atomic E-state index is 3.60. The summed E-state index contributed by atoms with van der Waals surface area (Å²) in [5, 5.41) is 7.17. The Kier molecular flexibility index (Phi) is 6.69. The first-order valence-electron chi connectivity index (χ1n) is 6.41. The second kappa shape index (κ2) is 7.89. The van der Waals surface area contributed by atoms with E-state index in [2.05, 4.69) is 36.6 Å². The molecule has 0 aromatic rings. The van der Waals surface area contributed by atoms with Crippen LogP contribution in [0.4, 0.5) is 0 Å². The van der Waals surface area contributed by atoms with E-state index < -0.39 is 0 Å². The zero-order valence-corrected chi connectivity index (χ0v) is 10.3. The second-order valence-electron chi connectivity index (χ2n) is 4.60. The lowest BCUT2D eigenvalue weighted by Crippen LogP contribution is -2.40. The van der Waals surface area contributed by atoms with E-state index in [0.29, 0.717) is 6.04 Å². The zero-order chi connectivity index (χ0) is 10.9. The fourth-order valence-corrected chi connectivity index (χ4v) is 2.22. The van der Waals surface area contributed by atoms with Crippen LogP contribution >= 0.6 is 0 Å². The van der Waals surface area contributed by atoms with Gasteiger partial charge in [0.25, 0.3) is 0 Å². The normalized spacial score (nSPS) is 24.5. The summed E-state index contributed by atoms with van der Waals surface area (Å²) in [5.74, 6) is 0. The molecule has 15 heavy (non-hydrogen) atoms. The molecule has 2 atom stereocenters. The van der Waals surface area contributed by atoms with Gasteiger partial charge in [0.05, 0.1) is 0 Å². The van der Waals surface area contributed by atoms with Gasteiger partial charge in [-0.3, -0.25) is 0 Å². The quantitative estimate of drug-likeness (QED) is 0.520. The number of allylic oxidation sites excluding steroid dienone is 1. The number of hydrogen-bond donors (Lipinski definition) is 2. The Balaban J connectivity index is 2.03. The van der Waals surface area contributed by atoms with Crippen molar-refractivity contribution < 1.29 is 0 Å². The van der Waals surface area contributed by atoms with Crippen molar-refractivity contribution in [3.8, 4) is 0 Å². The van der Waals surface area contributed by atoms with E-state index >= 15 is 0 Å². The summed E-state index contributed by atoms with van der Waals surface area (Å²) < 4.78 is 0. The first kappa shape index (κ1) is 12.7. The molecule has 0 aliphatic carbocycles. The fraction of sp³-hybridized carbons (Fsp3) is 0.846. The molecular formula is C13H26N2. The Morgan fingerprint density at radius 1 is 1.47 bits per heavy atom. The summed E-state index contributed by atoms with van der Waals surface area (Å²) in [6.07, 6.45) is 10.9. The van der Waals surface area contributed by atoms with Crippen LogP contribution in [0.5, 0.6) is 0 Å². The predicted octanol–water partition coefficient (Wildman–Crippen LogP) is 2.46. The summed E-state index contributed by atoms with van der Waals surface area (Å²) in [4.78, 5) is 0. The smallest absolute Gasteiger partial charge is 0.00817 e. The summed E-state index contributed by atoms with van der Waals surface area (Å²) >= 11 is 0. The van der Waals surface area contributed by atoms with Crippen LogP contribution in [0.3, 0.4) is 0 Å². The lowest BCUT2D eigenvalue weighted by Gasteiger charge is -2.26. The van der Waals surface area contributed by atoms with Gasteiger partial charge in [-0.05, 0) is 52.6 Å². The van der Waals surface area contributed by atoms with Gasteiger partial charge in [0, 0.05) is 12.1 Å². The number of nitrogens with one attached hydrogen (secondary N) is 2. The highest BCUT2D eigenvalue weighted by atomic mass is 14.9. The standard InChI is InChI=1S/C13H26N2/c1-3-4-6-9-14-12(2)11-13-8-5-7-10-15-13/h3-4,12-15H,5-11H2,1-2H3/b4-3+.